The number of rotatable bonds is 4. The van der Waals surface area contributed by atoms with Crippen molar-refractivity contribution in [3.8, 4) is 0 Å². The van der Waals surface area contributed by atoms with Crippen molar-refractivity contribution in [2.45, 2.75) is 0 Å². The van der Waals surface area contributed by atoms with Crippen LogP contribution in [0.1, 0.15) is 11.0 Å². The molecule has 0 unspecified atom stereocenters. The van der Waals surface area contributed by atoms with Gasteiger partial charge in [0.05, 0.1) is 0 Å². The number of thioether (sulfide) groups is 1. The van der Waals surface area contributed by atoms with Gasteiger partial charge in [-0.15, -0.1) is 23.2 Å². The highest BCUT2D eigenvalue weighted by Gasteiger charge is 1.82. The monoisotopic (exact) mass is 166 g/mol. The van der Waals surface area contributed by atoms with E-state index in [1.54, 1.807) is 0 Å². The highest BCUT2D eigenvalue weighted by molar-refractivity contribution is 7.99. The van der Waals surface area contributed by atoms with Crippen LogP contribution in [0.4, 0.5) is 0 Å². The van der Waals surface area contributed by atoms with E-state index in [0.29, 0.717) is 0 Å². The molecule has 0 radical (unpaired) electrons. The van der Waals surface area contributed by atoms with Crippen molar-refractivity contribution >= 4 is 35.0 Å². The van der Waals surface area contributed by atoms with Gasteiger partial charge < -0.3 is 0 Å². The van der Waals surface area contributed by atoms with Crippen LogP contribution in [-0.4, -0.2) is 23.1 Å². The van der Waals surface area contributed by atoms with E-state index in [1.165, 1.54) is 0 Å². The molecule has 0 nitrogen and oxygen atoms in total. The second kappa shape index (κ2) is 6.93. The van der Waals surface area contributed by atoms with Crippen LogP contribution in [0.15, 0.2) is 0 Å². The Kier molecular flexibility index (Phi) is 1.69. The van der Waals surface area contributed by atoms with Crippen LogP contribution < -0.4 is 0 Å². The van der Waals surface area contributed by atoms with Crippen molar-refractivity contribution in [2.75, 3.05) is 23.1 Å². The SMILES string of the molecule is [2H]C([2H])(Cl)C([2H])([2H])SC([2H])([2H])C([2H])([2H])Cl. The summed E-state index contributed by atoms with van der Waals surface area (Å²) in [7, 11) is 0. The maximum atomic E-state index is 7.17. The summed E-state index contributed by atoms with van der Waals surface area (Å²) in [6.07, 6.45) is 0. The van der Waals surface area contributed by atoms with Gasteiger partial charge in [0, 0.05) is 34.0 Å². The molecule has 0 aliphatic heterocycles. The Morgan fingerprint density at radius 3 is 2.00 bits per heavy atom. The molecule has 0 N–H and O–H groups in total. The minimum Gasteiger partial charge on any atom is -0.160 e. The van der Waals surface area contributed by atoms with Gasteiger partial charge in [-0.3, -0.25) is 0 Å². The molecular formula is C4H8Cl2S. The Hall–Kier alpha value is 0.930. The lowest BCUT2D eigenvalue weighted by Gasteiger charge is -1.89. The highest BCUT2D eigenvalue weighted by atomic mass is 35.5. The summed E-state index contributed by atoms with van der Waals surface area (Å²) in [6, 6.07) is 0. The molecule has 0 saturated carbocycles. The Morgan fingerprint density at radius 1 is 1.29 bits per heavy atom. The van der Waals surface area contributed by atoms with E-state index in [4.69, 9.17) is 34.2 Å². The third-order valence-electron chi connectivity index (χ3n) is 0.179. The van der Waals surface area contributed by atoms with Crippen molar-refractivity contribution in [3.05, 3.63) is 0 Å². The third kappa shape index (κ3) is 6.93. The van der Waals surface area contributed by atoms with Gasteiger partial charge >= 0.3 is 0 Å². The molecular weight excluding hydrogens is 151 g/mol. The van der Waals surface area contributed by atoms with Gasteiger partial charge in [-0.05, 0) is 0 Å². The van der Waals surface area contributed by atoms with Crippen molar-refractivity contribution in [3.63, 3.8) is 0 Å². The van der Waals surface area contributed by atoms with Crippen LogP contribution >= 0.6 is 35.0 Å². The molecule has 0 aliphatic carbocycles. The number of alkyl halides is 2. The fourth-order valence-corrected chi connectivity index (χ4v) is 0.424. The first-order valence-electron chi connectivity index (χ1n) is 5.29. The maximum absolute atomic E-state index is 7.17. The van der Waals surface area contributed by atoms with Crippen LogP contribution in [-0.2, 0) is 0 Å². The number of hydrogen-bond donors (Lipinski definition) is 0. The quantitative estimate of drug-likeness (QED) is 0.578. The van der Waals surface area contributed by atoms with Crippen LogP contribution in [0.3, 0.4) is 0 Å². The normalized spacial score (nSPS) is 34.6. The fraction of sp³-hybridized carbons (Fsp3) is 1.00. The zero-order chi connectivity index (χ0) is 12.7. The molecule has 3 heteroatoms. The molecule has 0 spiro atoms. The van der Waals surface area contributed by atoms with E-state index >= 15 is 0 Å². The molecule has 0 rings (SSSR count). The number of halogens is 2. The van der Waals surface area contributed by atoms with Crippen molar-refractivity contribution < 1.29 is 11.0 Å². The zero-order valence-electron chi connectivity index (χ0n) is 11.2. The maximum Gasteiger partial charge on any atom is 0.0444 e. The summed E-state index contributed by atoms with van der Waals surface area (Å²) in [5.74, 6) is -5.65. The van der Waals surface area contributed by atoms with Gasteiger partial charge in [-0.2, -0.15) is 11.8 Å². The van der Waals surface area contributed by atoms with Gasteiger partial charge in [0.25, 0.3) is 0 Å². The van der Waals surface area contributed by atoms with E-state index in [-0.39, 0.29) is 11.8 Å². The lowest BCUT2D eigenvalue weighted by Crippen LogP contribution is -1.83. The first kappa shape index (κ1) is 1.71. The first-order chi connectivity index (χ1) is 6.21. The van der Waals surface area contributed by atoms with Crippen LogP contribution in [0, 0.1) is 0 Å². The van der Waals surface area contributed by atoms with Gasteiger partial charge in [0.1, 0.15) is 0 Å². The number of hydrogen-bond acceptors (Lipinski definition) is 1. The molecule has 0 saturated heterocycles. The summed E-state index contributed by atoms with van der Waals surface area (Å²) in [5.41, 5.74) is -5.61. The molecule has 0 bridgehead atoms. The van der Waals surface area contributed by atoms with E-state index in [0.717, 1.165) is 0 Å². The van der Waals surface area contributed by atoms with Gasteiger partial charge in [0.2, 0.25) is 0 Å². The fourth-order valence-electron chi connectivity index (χ4n) is 0.0641. The molecule has 44 valence electrons. The molecule has 0 aromatic heterocycles. The average Bonchev–Trinajstić information content (AvgIpc) is 1.77. The molecule has 0 aromatic rings. The van der Waals surface area contributed by atoms with Crippen LogP contribution in [0.2, 0.25) is 0 Å². The predicted octanol–water partition coefficient (Wildman–Crippen LogP) is 2.20. The van der Waals surface area contributed by atoms with Crippen LogP contribution in [0.5, 0.6) is 0 Å². The van der Waals surface area contributed by atoms with Crippen molar-refractivity contribution in [1.29, 1.82) is 0 Å². The Balaban J connectivity index is 4.89. The largest absolute Gasteiger partial charge is 0.160 e. The van der Waals surface area contributed by atoms with E-state index in [9.17, 15) is 0 Å². The lowest BCUT2D eigenvalue weighted by atomic mass is 10.9. The molecule has 0 fully saturated rings. The average molecular weight is 167 g/mol. The minimum atomic E-state index is -2.83. The summed E-state index contributed by atoms with van der Waals surface area (Å²) >= 11 is 9.94. The Bertz CT molecular complexity index is 206. The first-order valence-corrected chi connectivity index (χ1v) is 2.86. The third-order valence-corrected chi connectivity index (χ3v) is 1.00. The molecule has 0 aromatic carbocycles. The van der Waals surface area contributed by atoms with Crippen LogP contribution in [0.25, 0.3) is 0 Å². The highest BCUT2D eigenvalue weighted by Crippen LogP contribution is 1.99. The standard InChI is InChI=1S/C4H8Cl2S/c5-1-3-7-4-2-6/h1-4H2/i1D2,2D2,3D2,4D2. The molecule has 7 heavy (non-hydrogen) atoms. The predicted molar refractivity (Wildman–Crippen MR) is 38.8 cm³/mol. The van der Waals surface area contributed by atoms with E-state index in [2.05, 4.69) is 0 Å². The second-order valence-electron chi connectivity index (χ2n) is 0.495. The van der Waals surface area contributed by atoms with E-state index in [1.807, 2.05) is 0 Å². The summed E-state index contributed by atoms with van der Waals surface area (Å²) in [5, 5.41) is 0. The zero-order valence-corrected chi connectivity index (χ0v) is 5.49. The summed E-state index contributed by atoms with van der Waals surface area (Å²) < 4.78 is 56.4. The van der Waals surface area contributed by atoms with Gasteiger partial charge in [-0.25, -0.2) is 0 Å². The van der Waals surface area contributed by atoms with Gasteiger partial charge in [-0.1, -0.05) is 0 Å². The Morgan fingerprint density at radius 2 is 1.71 bits per heavy atom. The summed E-state index contributed by atoms with van der Waals surface area (Å²) in [4.78, 5) is 0. The second-order valence-corrected chi connectivity index (χ2v) is 1.49. The summed E-state index contributed by atoms with van der Waals surface area (Å²) in [6.45, 7) is 0. The van der Waals surface area contributed by atoms with Crippen molar-refractivity contribution in [1.82, 2.24) is 0 Å². The Labute approximate surface area is 69.8 Å². The van der Waals surface area contributed by atoms with Crippen molar-refractivity contribution in [2.24, 2.45) is 0 Å². The smallest absolute Gasteiger partial charge is 0.0444 e. The molecule has 0 amide bonds. The topological polar surface area (TPSA) is 0 Å². The minimum absolute atomic E-state index is 0.229. The molecule has 0 atom stereocenters. The molecule has 0 aliphatic rings. The van der Waals surface area contributed by atoms with Gasteiger partial charge in [0.15, 0.2) is 0 Å². The molecule has 0 heterocycles. The lowest BCUT2D eigenvalue weighted by molar-refractivity contribution is 1.47. The van der Waals surface area contributed by atoms with E-state index < -0.39 is 23.1 Å².